The lowest BCUT2D eigenvalue weighted by Crippen LogP contribution is -2.44. The fourth-order valence-electron chi connectivity index (χ4n) is 3.67. The summed E-state index contributed by atoms with van der Waals surface area (Å²) in [5, 5.41) is 0. The predicted molar refractivity (Wildman–Crippen MR) is 92.5 cm³/mol. The van der Waals surface area contributed by atoms with Gasteiger partial charge in [0, 0.05) is 42.2 Å². The van der Waals surface area contributed by atoms with E-state index in [-0.39, 0.29) is 12.0 Å². The van der Waals surface area contributed by atoms with Gasteiger partial charge in [0.1, 0.15) is 12.4 Å². The number of carbonyl (C=O) groups excluding carboxylic acids is 1. The molecule has 0 unspecified atom stereocenters. The Labute approximate surface area is 147 Å². The Morgan fingerprint density at radius 1 is 1.08 bits per heavy atom. The van der Waals surface area contributed by atoms with Crippen molar-refractivity contribution in [3.05, 3.63) is 42.7 Å². The van der Waals surface area contributed by atoms with E-state index in [1.165, 1.54) is 19.2 Å². The van der Waals surface area contributed by atoms with E-state index in [1.54, 1.807) is 12.4 Å². The molecule has 1 aliphatic heterocycles. The Kier molecular flexibility index (Phi) is 4.70. The number of nitrogens with zero attached hydrogens (tertiary/aromatic N) is 4. The molecule has 2 fully saturated rings. The molecule has 2 aliphatic rings. The van der Waals surface area contributed by atoms with Gasteiger partial charge in [-0.15, -0.1) is 0 Å². The number of amides is 1. The third-order valence-electron chi connectivity index (χ3n) is 5.09. The van der Waals surface area contributed by atoms with E-state index in [0.717, 1.165) is 29.7 Å². The fourth-order valence-corrected chi connectivity index (χ4v) is 3.67. The van der Waals surface area contributed by atoms with E-state index >= 15 is 0 Å². The van der Waals surface area contributed by atoms with E-state index in [2.05, 4.69) is 15.0 Å². The van der Waals surface area contributed by atoms with Gasteiger partial charge in [-0.3, -0.25) is 9.78 Å². The molecular weight excluding hydrogens is 316 g/mol. The maximum Gasteiger partial charge on any atom is 0.225 e. The van der Waals surface area contributed by atoms with Gasteiger partial charge in [0.15, 0.2) is 0 Å². The van der Waals surface area contributed by atoms with E-state index in [0.29, 0.717) is 25.6 Å². The Morgan fingerprint density at radius 3 is 2.60 bits per heavy atom. The van der Waals surface area contributed by atoms with Crippen molar-refractivity contribution in [1.29, 1.82) is 0 Å². The van der Waals surface area contributed by atoms with Crippen LogP contribution in [0.3, 0.4) is 0 Å². The van der Waals surface area contributed by atoms with E-state index in [1.807, 2.05) is 23.2 Å². The van der Waals surface area contributed by atoms with Crippen LogP contribution in [-0.4, -0.2) is 45.5 Å². The third kappa shape index (κ3) is 3.54. The molecule has 0 aromatic carbocycles. The van der Waals surface area contributed by atoms with Crippen molar-refractivity contribution in [3.8, 4) is 11.1 Å². The average molecular weight is 338 g/mol. The van der Waals surface area contributed by atoms with Crippen LogP contribution in [0.15, 0.2) is 37.1 Å². The molecule has 25 heavy (non-hydrogen) atoms. The molecule has 1 amide bonds. The van der Waals surface area contributed by atoms with Crippen molar-refractivity contribution in [2.75, 3.05) is 19.7 Å². The summed E-state index contributed by atoms with van der Waals surface area (Å²) in [4.78, 5) is 27.2. The van der Waals surface area contributed by atoms with Crippen molar-refractivity contribution in [2.24, 2.45) is 5.92 Å². The lowest BCUT2D eigenvalue weighted by Gasteiger charge is -2.34. The first-order chi connectivity index (χ1) is 12.3. The summed E-state index contributed by atoms with van der Waals surface area (Å²) in [6.07, 6.45) is 11.1. The molecule has 2 aromatic rings. The highest BCUT2D eigenvalue weighted by atomic mass is 16.5. The standard InChI is InChI=1S/C19H22N4O2/c24-19(14-3-1-2-4-14)23-7-8-25-18(12-23)17-6-5-15(11-22-17)16-9-20-13-21-10-16/h5-6,9-11,13-14,18H,1-4,7-8,12H2/t18-/m1/s1. The first kappa shape index (κ1) is 16.1. The third-order valence-corrected chi connectivity index (χ3v) is 5.09. The minimum atomic E-state index is -0.153. The van der Waals surface area contributed by atoms with Crippen molar-refractivity contribution in [1.82, 2.24) is 19.9 Å². The molecule has 0 N–H and O–H groups in total. The quantitative estimate of drug-likeness (QED) is 0.860. The molecule has 1 atom stereocenters. The molecule has 4 rings (SSSR count). The number of carbonyl (C=O) groups is 1. The van der Waals surface area contributed by atoms with Crippen LogP contribution < -0.4 is 0 Å². The molecule has 0 bridgehead atoms. The van der Waals surface area contributed by atoms with Gasteiger partial charge >= 0.3 is 0 Å². The molecule has 6 nitrogen and oxygen atoms in total. The Balaban J connectivity index is 1.45. The first-order valence-corrected chi connectivity index (χ1v) is 8.93. The van der Waals surface area contributed by atoms with Gasteiger partial charge in [0.2, 0.25) is 5.91 Å². The summed E-state index contributed by atoms with van der Waals surface area (Å²) < 4.78 is 5.87. The SMILES string of the molecule is O=C(C1CCCC1)N1CCO[C@@H](c2ccc(-c3cncnc3)cn2)C1. The fraction of sp³-hybridized carbons (Fsp3) is 0.474. The smallest absolute Gasteiger partial charge is 0.225 e. The molecule has 6 heteroatoms. The van der Waals surface area contributed by atoms with Crippen LogP contribution in [-0.2, 0) is 9.53 Å². The van der Waals surface area contributed by atoms with Gasteiger partial charge in [-0.2, -0.15) is 0 Å². The zero-order valence-electron chi connectivity index (χ0n) is 14.2. The van der Waals surface area contributed by atoms with Gasteiger partial charge in [-0.25, -0.2) is 9.97 Å². The molecule has 130 valence electrons. The van der Waals surface area contributed by atoms with Crippen molar-refractivity contribution in [3.63, 3.8) is 0 Å². The number of morpholine rings is 1. The molecular formula is C19H22N4O2. The van der Waals surface area contributed by atoms with Crippen molar-refractivity contribution < 1.29 is 9.53 Å². The lowest BCUT2D eigenvalue weighted by atomic mass is 10.0. The van der Waals surface area contributed by atoms with Gasteiger partial charge in [0.05, 0.1) is 18.8 Å². The second kappa shape index (κ2) is 7.27. The van der Waals surface area contributed by atoms with Crippen molar-refractivity contribution >= 4 is 5.91 Å². The van der Waals surface area contributed by atoms with E-state index in [4.69, 9.17) is 4.74 Å². The van der Waals surface area contributed by atoms with Crippen LogP contribution in [0.5, 0.6) is 0 Å². The summed E-state index contributed by atoms with van der Waals surface area (Å²) in [5.74, 6) is 0.510. The average Bonchev–Trinajstić information content (AvgIpc) is 3.23. The maximum atomic E-state index is 12.7. The van der Waals surface area contributed by atoms with Crippen LogP contribution in [0.1, 0.15) is 37.5 Å². The largest absolute Gasteiger partial charge is 0.368 e. The number of rotatable bonds is 3. The maximum absolute atomic E-state index is 12.7. The molecule has 0 radical (unpaired) electrons. The summed E-state index contributed by atoms with van der Waals surface area (Å²) in [7, 11) is 0. The molecule has 1 aliphatic carbocycles. The van der Waals surface area contributed by atoms with Crippen LogP contribution >= 0.6 is 0 Å². The van der Waals surface area contributed by atoms with Gasteiger partial charge < -0.3 is 9.64 Å². The number of pyridine rings is 1. The number of hydrogen-bond acceptors (Lipinski definition) is 5. The summed E-state index contributed by atoms with van der Waals surface area (Å²) >= 11 is 0. The van der Waals surface area contributed by atoms with Gasteiger partial charge in [-0.05, 0) is 18.9 Å². The zero-order chi connectivity index (χ0) is 17.1. The molecule has 2 aromatic heterocycles. The second-order valence-electron chi connectivity index (χ2n) is 6.72. The Morgan fingerprint density at radius 2 is 1.88 bits per heavy atom. The topological polar surface area (TPSA) is 68.2 Å². The molecule has 0 spiro atoms. The summed E-state index contributed by atoms with van der Waals surface area (Å²) in [6.45, 7) is 1.85. The normalized spacial score (nSPS) is 21.4. The van der Waals surface area contributed by atoms with Crippen LogP contribution in [0.4, 0.5) is 0 Å². The highest BCUT2D eigenvalue weighted by Gasteiger charge is 2.31. The van der Waals surface area contributed by atoms with Crippen LogP contribution in [0.2, 0.25) is 0 Å². The minimum Gasteiger partial charge on any atom is -0.368 e. The number of hydrogen-bond donors (Lipinski definition) is 0. The number of ether oxygens (including phenoxy) is 1. The summed E-state index contributed by atoms with van der Waals surface area (Å²) in [6, 6.07) is 3.97. The predicted octanol–water partition coefficient (Wildman–Crippen LogP) is 2.63. The van der Waals surface area contributed by atoms with Crippen molar-refractivity contribution in [2.45, 2.75) is 31.8 Å². The zero-order valence-corrected chi connectivity index (χ0v) is 14.2. The van der Waals surface area contributed by atoms with Crippen LogP contribution in [0.25, 0.3) is 11.1 Å². The highest BCUT2D eigenvalue weighted by molar-refractivity contribution is 5.79. The van der Waals surface area contributed by atoms with Gasteiger partial charge in [-0.1, -0.05) is 18.9 Å². The molecule has 1 saturated heterocycles. The Bertz CT molecular complexity index is 714. The van der Waals surface area contributed by atoms with E-state index < -0.39 is 0 Å². The Hall–Kier alpha value is -2.34. The lowest BCUT2D eigenvalue weighted by molar-refractivity contribution is -0.143. The van der Waals surface area contributed by atoms with Crippen LogP contribution in [0, 0.1) is 5.92 Å². The minimum absolute atomic E-state index is 0.153. The monoisotopic (exact) mass is 338 g/mol. The van der Waals surface area contributed by atoms with Gasteiger partial charge in [0.25, 0.3) is 0 Å². The second-order valence-corrected chi connectivity index (χ2v) is 6.72. The first-order valence-electron chi connectivity index (χ1n) is 8.93. The molecule has 1 saturated carbocycles. The molecule has 3 heterocycles. The highest BCUT2D eigenvalue weighted by Crippen LogP contribution is 2.29. The summed E-state index contributed by atoms with van der Waals surface area (Å²) in [5.41, 5.74) is 2.77. The van der Waals surface area contributed by atoms with E-state index in [9.17, 15) is 4.79 Å². The number of aromatic nitrogens is 3.